The lowest BCUT2D eigenvalue weighted by molar-refractivity contribution is 0.0910. The van der Waals surface area contributed by atoms with Crippen molar-refractivity contribution in [2.24, 2.45) is 5.73 Å². The molecule has 21 heavy (non-hydrogen) atoms. The molecule has 2 rings (SSSR count). The number of benzene rings is 1. The molecule has 1 aromatic heterocycles. The van der Waals surface area contributed by atoms with Gasteiger partial charge in [0.1, 0.15) is 0 Å². The number of nitrogens with two attached hydrogens (primary N) is 1. The summed E-state index contributed by atoms with van der Waals surface area (Å²) in [5.74, 6) is -0.278. The Bertz CT molecular complexity index is 623. The van der Waals surface area contributed by atoms with Crippen molar-refractivity contribution in [2.45, 2.75) is 26.3 Å². The number of nitrogens with one attached hydrogen (secondary N) is 1. The second kappa shape index (κ2) is 6.69. The largest absolute Gasteiger partial charge is 0.344 e. The number of halogens is 1. The first-order chi connectivity index (χ1) is 9.41. The molecule has 0 radical (unpaired) electrons. The van der Waals surface area contributed by atoms with Crippen LogP contribution in [-0.4, -0.2) is 33.0 Å². The molecule has 0 atom stereocenters. The van der Waals surface area contributed by atoms with Crippen molar-refractivity contribution in [3.8, 4) is 5.69 Å². The smallest absolute Gasteiger partial charge is 0.273 e. The molecule has 0 aliphatic heterocycles. The van der Waals surface area contributed by atoms with Gasteiger partial charge in [-0.25, -0.2) is 4.68 Å². The van der Waals surface area contributed by atoms with Crippen LogP contribution in [-0.2, 0) is 0 Å². The van der Waals surface area contributed by atoms with Crippen LogP contribution in [0.1, 0.15) is 29.9 Å². The Morgan fingerprint density at radius 3 is 2.76 bits per heavy atom. The Labute approximate surface area is 130 Å². The number of amides is 1. The summed E-state index contributed by atoms with van der Waals surface area (Å²) in [5, 5.41) is 10.7. The predicted octanol–water partition coefficient (Wildman–Crippen LogP) is 1.46. The summed E-state index contributed by atoms with van der Waals surface area (Å²) in [6.45, 7) is 6.06. The highest BCUT2D eigenvalue weighted by atomic mass is 35.5. The molecule has 0 aliphatic rings. The number of hydrogen-bond donors (Lipinski definition) is 2. The molecule has 1 heterocycles. The van der Waals surface area contributed by atoms with E-state index in [1.165, 1.54) is 0 Å². The van der Waals surface area contributed by atoms with Crippen molar-refractivity contribution < 1.29 is 4.79 Å². The summed E-state index contributed by atoms with van der Waals surface area (Å²) in [4.78, 5) is 12.0. The van der Waals surface area contributed by atoms with Gasteiger partial charge in [-0.2, -0.15) is 0 Å². The number of carbonyl (C=O) groups is 1. The standard InChI is InChI=1S/C14H19N5O.ClH/c1-10-5-4-6-11(7-10)19-8-12(17-18-19)13(20)16-14(2,3)9-15;/h4-8H,9,15H2,1-3H3,(H,16,20);1H. The van der Waals surface area contributed by atoms with Gasteiger partial charge in [0.05, 0.1) is 11.9 Å². The summed E-state index contributed by atoms with van der Waals surface area (Å²) in [6.07, 6.45) is 1.61. The first-order valence-corrected chi connectivity index (χ1v) is 6.43. The highest BCUT2D eigenvalue weighted by molar-refractivity contribution is 5.92. The molecule has 0 bridgehead atoms. The Balaban J connectivity index is 0.00000220. The molecule has 0 saturated carbocycles. The van der Waals surface area contributed by atoms with Gasteiger partial charge in [0.25, 0.3) is 5.91 Å². The van der Waals surface area contributed by atoms with Crippen molar-refractivity contribution in [1.29, 1.82) is 0 Å². The molecule has 1 amide bonds. The van der Waals surface area contributed by atoms with Crippen molar-refractivity contribution in [2.75, 3.05) is 6.54 Å². The van der Waals surface area contributed by atoms with E-state index in [0.29, 0.717) is 6.54 Å². The number of carbonyl (C=O) groups excluding carboxylic acids is 1. The summed E-state index contributed by atoms with van der Waals surface area (Å²) < 4.78 is 1.58. The molecule has 0 saturated heterocycles. The van der Waals surface area contributed by atoms with Gasteiger partial charge in [0.15, 0.2) is 5.69 Å². The quantitative estimate of drug-likeness (QED) is 0.895. The van der Waals surface area contributed by atoms with Crippen molar-refractivity contribution in [1.82, 2.24) is 20.3 Å². The molecule has 0 spiro atoms. The summed E-state index contributed by atoms with van der Waals surface area (Å²) in [6, 6.07) is 7.81. The maximum Gasteiger partial charge on any atom is 0.273 e. The highest BCUT2D eigenvalue weighted by Gasteiger charge is 2.21. The number of nitrogens with zero attached hydrogens (tertiary/aromatic N) is 3. The SMILES string of the molecule is Cc1cccc(-n2cc(C(=O)NC(C)(C)CN)nn2)c1.Cl. The minimum atomic E-state index is -0.468. The van der Waals surface area contributed by atoms with E-state index in [4.69, 9.17) is 5.73 Å². The fourth-order valence-corrected chi connectivity index (χ4v) is 1.69. The molecule has 1 aromatic carbocycles. The van der Waals surface area contributed by atoms with E-state index in [2.05, 4.69) is 15.6 Å². The third kappa shape index (κ3) is 4.27. The van der Waals surface area contributed by atoms with Gasteiger partial charge in [-0.05, 0) is 38.5 Å². The van der Waals surface area contributed by atoms with E-state index < -0.39 is 5.54 Å². The lowest BCUT2D eigenvalue weighted by atomic mass is 10.1. The van der Waals surface area contributed by atoms with Crippen LogP contribution in [0.5, 0.6) is 0 Å². The van der Waals surface area contributed by atoms with Gasteiger partial charge in [-0.15, -0.1) is 17.5 Å². The normalized spacial score (nSPS) is 10.9. The predicted molar refractivity (Wildman–Crippen MR) is 83.9 cm³/mol. The van der Waals surface area contributed by atoms with Crippen LogP contribution in [0.25, 0.3) is 5.69 Å². The van der Waals surface area contributed by atoms with Crippen molar-refractivity contribution in [3.63, 3.8) is 0 Å². The number of rotatable bonds is 4. The molecular weight excluding hydrogens is 290 g/mol. The molecule has 3 N–H and O–H groups in total. The van der Waals surface area contributed by atoms with Crippen LogP contribution in [0.4, 0.5) is 0 Å². The molecule has 0 fully saturated rings. The van der Waals surface area contributed by atoms with E-state index in [1.54, 1.807) is 10.9 Å². The van der Waals surface area contributed by atoms with Gasteiger partial charge in [0, 0.05) is 12.1 Å². The van der Waals surface area contributed by atoms with Gasteiger partial charge >= 0.3 is 0 Å². The number of aryl methyl sites for hydroxylation is 1. The maximum atomic E-state index is 12.0. The van der Waals surface area contributed by atoms with Crippen LogP contribution in [0.2, 0.25) is 0 Å². The van der Waals surface area contributed by atoms with Crippen LogP contribution >= 0.6 is 12.4 Å². The average molecular weight is 310 g/mol. The summed E-state index contributed by atoms with van der Waals surface area (Å²) >= 11 is 0. The monoisotopic (exact) mass is 309 g/mol. The molecule has 0 unspecified atom stereocenters. The van der Waals surface area contributed by atoms with Gasteiger partial charge in [0.2, 0.25) is 0 Å². The van der Waals surface area contributed by atoms with Gasteiger partial charge in [-0.3, -0.25) is 4.79 Å². The molecule has 2 aromatic rings. The Kier molecular flexibility index (Phi) is 5.46. The minimum Gasteiger partial charge on any atom is -0.344 e. The van der Waals surface area contributed by atoms with E-state index >= 15 is 0 Å². The van der Waals surface area contributed by atoms with E-state index in [9.17, 15) is 4.79 Å². The van der Waals surface area contributed by atoms with Crippen LogP contribution < -0.4 is 11.1 Å². The lowest BCUT2D eigenvalue weighted by Crippen LogP contribution is -2.48. The molecule has 114 valence electrons. The van der Waals surface area contributed by atoms with E-state index in [1.807, 2.05) is 45.0 Å². The van der Waals surface area contributed by atoms with Crippen LogP contribution in [0.15, 0.2) is 30.5 Å². The average Bonchev–Trinajstić information content (AvgIpc) is 2.88. The number of hydrogen-bond acceptors (Lipinski definition) is 4. The Hall–Kier alpha value is -1.92. The lowest BCUT2D eigenvalue weighted by Gasteiger charge is -2.23. The molecule has 7 heteroatoms. The van der Waals surface area contributed by atoms with E-state index in [0.717, 1.165) is 11.3 Å². The van der Waals surface area contributed by atoms with Crippen molar-refractivity contribution in [3.05, 3.63) is 41.7 Å². The summed E-state index contributed by atoms with van der Waals surface area (Å²) in [7, 11) is 0. The molecule has 0 aliphatic carbocycles. The fraction of sp³-hybridized carbons (Fsp3) is 0.357. The third-order valence-corrected chi connectivity index (χ3v) is 2.95. The first kappa shape index (κ1) is 17.1. The highest BCUT2D eigenvalue weighted by Crippen LogP contribution is 2.09. The Morgan fingerprint density at radius 1 is 1.43 bits per heavy atom. The molecular formula is C14H20ClN5O. The topological polar surface area (TPSA) is 85.8 Å². The minimum absolute atomic E-state index is 0. The van der Waals surface area contributed by atoms with Crippen LogP contribution in [0.3, 0.4) is 0 Å². The number of aromatic nitrogens is 3. The first-order valence-electron chi connectivity index (χ1n) is 6.43. The van der Waals surface area contributed by atoms with Crippen molar-refractivity contribution >= 4 is 18.3 Å². The second-order valence-electron chi connectivity index (χ2n) is 5.43. The Morgan fingerprint density at radius 2 is 2.14 bits per heavy atom. The van der Waals surface area contributed by atoms with Crippen LogP contribution in [0, 0.1) is 6.92 Å². The maximum absolute atomic E-state index is 12.0. The molecule has 6 nitrogen and oxygen atoms in total. The zero-order chi connectivity index (χ0) is 14.8. The van der Waals surface area contributed by atoms with E-state index in [-0.39, 0.29) is 24.0 Å². The third-order valence-electron chi connectivity index (χ3n) is 2.95. The fourth-order valence-electron chi connectivity index (χ4n) is 1.69. The van der Waals surface area contributed by atoms with Gasteiger partial charge < -0.3 is 11.1 Å². The zero-order valence-electron chi connectivity index (χ0n) is 12.3. The summed E-state index contributed by atoms with van der Waals surface area (Å²) in [5.41, 5.74) is 7.38. The zero-order valence-corrected chi connectivity index (χ0v) is 13.1. The van der Waals surface area contributed by atoms with Gasteiger partial charge in [-0.1, -0.05) is 17.3 Å². The second-order valence-corrected chi connectivity index (χ2v) is 5.43.